The van der Waals surface area contributed by atoms with E-state index in [2.05, 4.69) is 193 Å². The van der Waals surface area contributed by atoms with Crippen LogP contribution in [0.5, 0.6) is 0 Å². The number of rotatable bonds is 5. The van der Waals surface area contributed by atoms with Crippen LogP contribution in [0, 0.1) is 0 Å². The first kappa shape index (κ1) is 27.2. The number of benzene rings is 9. The zero-order chi connectivity index (χ0) is 31.2. The molecule has 0 aromatic heterocycles. The van der Waals surface area contributed by atoms with Crippen molar-refractivity contribution in [3.63, 3.8) is 0 Å². The highest BCUT2D eigenvalue weighted by molar-refractivity contribution is 6.30. The van der Waals surface area contributed by atoms with Gasteiger partial charge >= 0.3 is 0 Å². The average molecular weight is 598 g/mol. The molecular formula is C46H31N. The minimum absolute atomic E-state index is 1.12. The summed E-state index contributed by atoms with van der Waals surface area (Å²) in [5, 5.41) is 10.1. The summed E-state index contributed by atoms with van der Waals surface area (Å²) in [6.07, 6.45) is 0. The third-order valence-corrected chi connectivity index (χ3v) is 9.41. The predicted octanol–water partition coefficient (Wildman–Crippen LogP) is 13.1. The lowest BCUT2D eigenvalue weighted by atomic mass is 9.91. The van der Waals surface area contributed by atoms with Gasteiger partial charge in [-0.3, -0.25) is 0 Å². The zero-order valence-electron chi connectivity index (χ0n) is 25.8. The van der Waals surface area contributed by atoms with Gasteiger partial charge in [-0.15, -0.1) is 0 Å². The molecule has 0 atom stereocenters. The van der Waals surface area contributed by atoms with E-state index in [0.717, 1.165) is 17.1 Å². The van der Waals surface area contributed by atoms with Crippen LogP contribution < -0.4 is 4.90 Å². The molecule has 0 saturated carbocycles. The van der Waals surface area contributed by atoms with Gasteiger partial charge in [-0.1, -0.05) is 158 Å². The summed E-state index contributed by atoms with van der Waals surface area (Å²) < 4.78 is 0. The van der Waals surface area contributed by atoms with E-state index >= 15 is 0 Å². The summed E-state index contributed by atoms with van der Waals surface area (Å²) in [7, 11) is 0. The lowest BCUT2D eigenvalue weighted by Gasteiger charge is -2.28. The fourth-order valence-corrected chi connectivity index (χ4v) is 7.15. The van der Waals surface area contributed by atoms with Gasteiger partial charge in [-0.2, -0.15) is 0 Å². The van der Waals surface area contributed by atoms with Crippen molar-refractivity contribution in [3.05, 3.63) is 188 Å². The van der Waals surface area contributed by atoms with Gasteiger partial charge in [0.25, 0.3) is 0 Å². The fraction of sp³-hybridized carbons (Fsp3) is 0. The minimum atomic E-state index is 1.12. The molecule has 0 radical (unpaired) electrons. The van der Waals surface area contributed by atoms with Crippen molar-refractivity contribution in [3.8, 4) is 22.3 Å². The number of hydrogen-bond acceptors (Lipinski definition) is 1. The van der Waals surface area contributed by atoms with Gasteiger partial charge in [0.05, 0.1) is 5.69 Å². The van der Waals surface area contributed by atoms with Crippen LogP contribution in [0.15, 0.2) is 188 Å². The molecule has 0 aliphatic heterocycles. The molecule has 0 aliphatic carbocycles. The molecule has 1 nitrogen and oxygen atoms in total. The summed E-state index contributed by atoms with van der Waals surface area (Å²) in [5.41, 5.74) is 8.23. The maximum absolute atomic E-state index is 2.43. The molecule has 9 aromatic rings. The van der Waals surface area contributed by atoms with Crippen molar-refractivity contribution in [2.24, 2.45) is 0 Å². The Labute approximate surface area is 274 Å². The molecule has 0 N–H and O–H groups in total. The van der Waals surface area contributed by atoms with Crippen molar-refractivity contribution in [2.45, 2.75) is 0 Å². The molecule has 220 valence electrons. The van der Waals surface area contributed by atoms with Gasteiger partial charge in [-0.05, 0) is 84.9 Å². The molecule has 9 aromatic carbocycles. The monoisotopic (exact) mass is 597 g/mol. The maximum Gasteiger partial charge on any atom is 0.0546 e. The summed E-state index contributed by atoms with van der Waals surface area (Å²) in [6.45, 7) is 0. The van der Waals surface area contributed by atoms with Gasteiger partial charge in [-0.25, -0.2) is 0 Å². The minimum Gasteiger partial charge on any atom is -0.310 e. The van der Waals surface area contributed by atoms with Crippen LogP contribution in [-0.2, 0) is 0 Å². The van der Waals surface area contributed by atoms with E-state index < -0.39 is 0 Å². The molecule has 0 saturated heterocycles. The second-order valence-electron chi connectivity index (χ2n) is 12.2. The van der Waals surface area contributed by atoms with Crippen molar-refractivity contribution >= 4 is 60.2 Å². The molecule has 9 rings (SSSR count). The molecule has 0 unspecified atom stereocenters. The summed E-state index contributed by atoms with van der Waals surface area (Å²) in [5.74, 6) is 0. The molecule has 0 aliphatic rings. The van der Waals surface area contributed by atoms with Crippen molar-refractivity contribution in [1.82, 2.24) is 0 Å². The molecule has 0 spiro atoms. The van der Waals surface area contributed by atoms with Gasteiger partial charge in [0, 0.05) is 22.1 Å². The van der Waals surface area contributed by atoms with Gasteiger partial charge in [0.2, 0.25) is 0 Å². The van der Waals surface area contributed by atoms with Crippen LogP contribution in [0.25, 0.3) is 65.3 Å². The zero-order valence-corrected chi connectivity index (χ0v) is 25.8. The fourth-order valence-electron chi connectivity index (χ4n) is 7.15. The summed E-state index contributed by atoms with van der Waals surface area (Å²) in [6, 6.07) is 68.2. The maximum atomic E-state index is 2.43. The Morgan fingerprint density at radius 3 is 1.26 bits per heavy atom. The van der Waals surface area contributed by atoms with E-state index in [-0.39, 0.29) is 0 Å². The number of nitrogens with zero attached hydrogens (tertiary/aromatic N) is 1. The van der Waals surface area contributed by atoms with Crippen LogP contribution >= 0.6 is 0 Å². The van der Waals surface area contributed by atoms with Crippen LogP contribution in [0.2, 0.25) is 0 Å². The Kier molecular flexibility index (Phi) is 6.54. The van der Waals surface area contributed by atoms with E-state index in [4.69, 9.17) is 0 Å². The third kappa shape index (κ3) is 4.72. The van der Waals surface area contributed by atoms with E-state index in [1.54, 1.807) is 0 Å². The van der Waals surface area contributed by atoms with E-state index in [0.29, 0.717) is 0 Å². The molecule has 0 fully saturated rings. The molecule has 0 heterocycles. The smallest absolute Gasteiger partial charge is 0.0546 e. The Bertz CT molecular complexity index is 2450. The highest BCUT2D eigenvalue weighted by atomic mass is 15.1. The number of anilines is 3. The topological polar surface area (TPSA) is 3.24 Å². The normalized spacial score (nSPS) is 11.4. The summed E-state index contributed by atoms with van der Waals surface area (Å²) in [4.78, 5) is 2.43. The van der Waals surface area contributed by atoms with Crippen LogP contribution in [0.1, 0.15) is 0 Å². The molecule has 0 bridgehead atoms. The van der Waals surface area contributed by atoms with Gasteiger partial charge in [0.1, 0.15) is 0 Å². The first-order valence-electron chi connectivity index (χ1n) is 16.2. The lowest BCUT2D eigenvalue weighted by Crippen LogP contribution is -2.10. The Hall–Kier alpha value is -6.18. The van der Waals surface area contributed by atoms with Gasteiger partial charge < -0.3 is 4.90 Å². The summed E-state index contributed by atoms with van der Waals surface area (Å²) >= 11 is 0. The van der Waals surface area contributed by atoms with Gasteiger partial charge in [0.15, 0.2) is 0 Å². The second-order valence-corrected chi connectivity index (χ2v) is 12.2. The Morgan fingerprint density at radius 1 is 0.277 bits per heavy atom. The van der Waals surface area contributed by atoms with Crippen LogP contribution in [0.4, 0.5) is 17.1 Å². The highest BCUT2D eigenvalue weighted by Gasteiger charge is 2.20. The van der Waals surface area contributed by atoms with Crippen molar-refractivity contribution < 1.29 is 0 Å². The molecular weight excluding hydrogens is 567 g/mol. The highest BCUT2D eigenvalue weighted by Crippen LogP contribution is 2.46. The quantitative estimate of drug-likeness (QED) is 0.178. The Balaban J connectivity index is 1.33. The van der Waals surface area contributed by atoms with Crippen LogP contribution in [-0.4, -0.2) is 0 Å². The first-order chi connectivity index (χ1) is 23.3. The van der Waals surface area contributed by atoms with E-state index in [1.807, 2.05) is 0 Å². The first-order valence-corrected chi connectivity index (χ1v) is 16.2. The largest absolute Gasteiger partial charge is 0.310 e. The van der Waals surface area contributed by atoms with E-state index in [9.17, 15) is 0 Å². The second kappa shape index (κ2) is 11.3. The molecule has 1 heteroatoms. The van der Waals surface area contributed by atoms with E-state index in [1.165, 1.54) is 65.3 Å². The third-order valence-electron chi connectivity index (χ3n) is 9.41. The number of hydrogen-bond donors (Lipinski definition) is 0. The standard InChI is InChI=1S/C46H31N/c1-3-11-32(12-4-1)34-21-26-39(27-22-34)47(40-28-23-35(24-29-40)33-13-5-2-6-14-33)44-31-38-20-19-36-15-7-9-17-41(36)45(38)46-42-18-10-8-16-37(42)25-30-43(44)46/h1-31H. The van der Waals surface area contributed by atoms with Crippen molar-refractivity contribution in [1.29, 1.82) is 0 Å². The van der Waals surface area contributed by atoms with Crippen LogP contribution in [0.3, 0.4) is 0 Å². The average Bonchev–Trinajstić information content (AvgIpc) is 3.16. The SMILES string of the molecule is c1ccc(-c2ccc(N(c3ccc(-c4ccccc4)cc3)c3cc4ccc5ccccc5c4c4c3ccc3ccccc34)cc2)cc1. The lowest BCUT2D eigenvalue weighted by molar-refractivity contribution is 1.30. The number of fused-ring (bicyclic) bond motifs is 7. The van der Waals surface area contributed by atoms with Crippen molar-refractivity contribution in [2.75, 3.05) is 4.90 Å². The predicted molar refractivity (Wildman–Crippen MR) is 202 cm³/mol. The molecule has 0 amide bonds. The molecule has 47 heavy (non-hydrogen) atoms. The Morgan fingerprint density at radius 2 is 0.702 bits per heavy atom.